The van der Waals surface area contributed by atoms with E-state index in [4.69, 9.17) is 9.47 Å². The highest BCUT2D eigenvalue weighted by molar-refractivity contribution is 5.96. The smallest absolute Gasteiger partial charge is 0.305 e. The van der Waals surface area contributed by atoms with Crippen molar-refractivity contribution in [3.8, 4) is 5.75 Å². The van der Waals surface area contributed by atoms with Crippen LogP contribution in [0.25, 0.3) is 0 Å². The highest BCUT2D eigenvalue weighted by Gasteiger charge is 2.08. The number of carbonyl (C=O) groups is 2. The molecule has 0 aromatic heterocycles. The van der Waals surface area contributed by atoms with Gasteiger partial charge >= 0.3 is 5.97 Å². The van der Waals surface area contributed by atoms with Gasteiger partial charge in [-0.2, -0.15) is 0 Å². The molecule has 0 aliphatic carbocycles. The lowest BCUT2D eigenvalue weighted by Crippen LogP contribution is -2.05. The molecule has 0 aliphatic heterocycles. The molecule has 1 aromatic carbocycles. The average Bonchev–Trinajstić information content (AvgIpc) is 2.39. The third-order valence-corrected chi connectivity index (χ3v) is 2.50. The van der Waals surface area contributed by atoms with E-state index in [2.05, 4.69) is 0 Å². The molecule has 0 N–H and O–H groups in total. The predicted molar refractivity (Wildman–Crippen MR) is 67.8 cm³/mol. The van der Waals surface area contributed by atoms with Crippen molar-refractivity contribution in [1.82, 2.24) is 0 Å². The van der Waals surface area contributed by atoms with Gasteiger partial charge in [-0.3, -0.25) is 9.59 Å². The lowest BCUT2D eigenvalue weighted by molar-refractivity contribution is -0.143. The summed E-state index contributed by atoms with van der Waals surface area (Å²) in [5, 5.41) is 0. The van der Waals surface area contributed by atoms with Gasteiger partial charge in [-0.25, -0.2) is 0 Å². The first-order valence-corrected chi connectivity index (χ1v) is 6.00. The molecule has 0 atom stereocenters. The van der Waals surface area contributed by atoms with E-state index in [9.17, 15) is 9.59 Å². The minimum Gasteiger partial charge on any atom is -0.497 e. The van der Waals surface area contributed by atoms with Gasteiger partial charge in [0, 0.05) is 18.4 Å². The van der Waals surface area contributed by atoms with Gasteiger partial charge in [-0.15, -0.1) is 0 Å². The molecule has 0 saturated heterocycles. The molecule has 0 spiro atoms. The van der Waals surface area contributed by atoms with Crippen LogP contribution >= 0.6 is 0 Å². The van der Waals surface area contributed by atoms with Gasteiger partial charge in [0.15, 0.2) is 5.78 Å². The van der Waals surface area contributed by atoms with E-state index >= 15 is 0 Å². The second-order valence-corrected chi connectivity index (χ2v) is 3.81. The van der Waals surface area contributed by atoms with E-state index < -0.39 is 0 Å². The van der Waals surface area contributed by atoms with Crippen LogP contribution in [0.3, 0.4) is 0 Å². The third kappa shape index (κ3) is 4.57. The fourth-order valence-corrected chi connectivity index (χ4v) is 1.55. The van der Waals surface area contributed by atoms with Gasteiger partial charge in [-0.05, 0) is 37.6 Å². The molecule has 0 saturated carbocycles. The van der Waals surface area contributed by atoms with Crippen LogP contribution < -0.4 is 4.74 Å². The van der Waals surface area contributed by atoms with Crippen LogP contribution in [0.5, 0.6) is 5.75 Å². The molecule has 0 bridgehead atoms. The second-order valence-electron chi connectivity index (χ2n) is 3.81. The van der Waals surface area contributed by atoms with Crippen LogP contribution in [0.2, 0.25) is 0 Å². The number of esters is 1. The normalized spacial score (nSPS) is 9.89. The molecule has 0 heterocycles. The van der Waals surface area contributed by atoms with Crippen molar-refractivity contribution in [1.29, 1.82) is 0 Å². The maximum atomic E-state index is 11.8. The standard InChI is InChI=1S/C14H18O4/c1-3-18-14(16)6-4-5-13(15)11-7-9-12(17-2)10-8-11/h7-10H,3-6H2,1-2H3. The number of ether oxygens (including phenoxy) is 2. The Kier molecular flexibility index (Phi) is 5.91. The van der Waals surface area contributed by atoms with Crippen LogP contribution in [0.4, 0.5) is 0 Å². The zero-order valence-electron chi connectivity index (χ0n) is 10.8. The number of Topliss-reactive ketones (excluding diaryl/α,β-unsaturated/α-hetero) is 1. The summed E-state index contributed by atoms with van der Waals surface area (Å²) in [7, 11) is 1.58. The van der Waals surface area contributed by atoms with Crippen molar-refractivity contribution in [2.45, 2.75) is 26.2 Å². The summed E-state index contributed by atoms with van der Waals surface area (Å²) in [6.45, 7) is 2.14. The van der Waals surface area contributed by atoms with Crippen molar-refractivity contribution >= 4 is 11.8 Å². The van der Waals surface area contributed by atoms with E-state index in [-0.39, 0.29) is 18.2 Å². The topological polar surface area (TPSA) is 52.6 Å². The maximum absolute atomic E-state index is 11.8. The van der Waals surface area contributed by atoms with E-state index in [1.807, 2.05) is 0 Å². The first-order chi connectivity index (χ1) is 8.67. The van der Waals surface area contributed by atoms with Gasteiger partial charge in [-0.1, -0.05) is 0 Å². The van der Waals surface area contributed by atoms with E-state index in [0.717, 1.165) is 5.75 Å². The first-order valence-electron chi connectivity index (χ1n) is 6.00. The molecule has 0 aliphatic rings. The molecular weight excluding hydrogens is 232 g/mol. The molecule has 0 radical (unpaired) electrons. The van der Waals surface area contributed by atoms with Gasteiger partial charge in [0.05, 0.1) is 13.7 Å². The van der Waals surface area contributed by atoms with Gasteiger partial charge < -0.3 is 9.47 Å². The fraction of sp³-hybridized carbons (Fsp3) is 0.429. The van der Waals surface area contributed by atoms with Crippen molar-refractivity contribution in [2.75, 3.05) is 13.7 Å². The fourth-order valence-electron chi connectivity index (χ4n) is 1.55. The van der Waals surface area contributed by atoms with E-state index in [1.165, 1.54) is 0 Å². The van der Waals surface area contributed by atoms with Crippen LogP contribution in [0.15, 0.2) is 24.3 Å². The lowest BCUT2D eigenvalue weighted by atomic mass is 10.1. The summed E-state index contributed by atoms with van der Waals surface area (Å²) in [4.78, 5) is 22.9. The highest BCUT2D eigenvalue weighted by atomic mass is 16.5. The second kappa shape index (κ2) is 7.48. The minimum atomic E-state index is -0.250. The molecule has 4 nitrogen and oxygen atoms in total. The summed E-state index contributed by atoms with van der Waals surface area (Å²) in [6.07, 6.45) is 1.16. The quantitative estimate of drug-likeness (QED) is 0.551. The average molecular weight is 250 g/mol. The van der Waals surface area contributed by atoms with Crippen LogP contribution in [-0.4, -0.2) is 25.5 Å². The molecule has 0 amide bonds. The maximum Gasteiger partial charge on any atom is 0.305 e. The number of ketones is 1. The van der Waals surface area contributed by atoms with Crippen LogP contribution in [0, 0.1) is 0 Å². The summed E-state index contributed by atoms with van der Waals surface area (Å²) >= 11 is 0. The summed E-state index contributed by atoms with van der Waals surface area (Å²) < 4.78 is 9.81. The summed E-state index contributed by atoms with van der Waals surface area (Å²) in [5.74, 6) is 0.500. The number of hydrogen-bond donors (Lipinski definition) is 0. The molecule has 18 heavy (non-hydrogen) atoms. The van der Waals surface area contributed by atoms with Crippen molar-refractivity contribution < 1.29 is 19.1 Å². The zero-order chi connectivity index (χ0) is 13.4. The highest BCUT2D eigenvalue weighted by Crippen LogP contribution is 2.13. The van der Waals surface area contributed by atoms with Gasteiger partial charge in [0.2, 0.25) is 0 Å². The summed E-state index contributed by atoms with van der Waals surface area (Å²) in [6, 6.07) is 6.95. The minimum absolute atomic E-state index is 0.0296. The Morgan fingerprint density at radius 1 is 1.11 bits per heavy atom. The molecule has 1 aromatic rings. The van der Waals surface area contributed by atoms with Crippen LogP contribution in [0.1, 0.15) is 36.5 Å². The van der Waals surface area contributed by atoms with E-state index in [1.54, 1.807) is 38.3 Å². The Hall–Kier alpha value is -1.84. The first kappa shape index (κ1) is 14.2. The monoisotopic (exact) mass is 250 g/mol. The van der Waals surface area contributed by atoms with Crippen molar-refractivity contribution in [2.24, 2.45) is 0 Å². The Balaban J connectivity index is 2.38. The molecule has 98 valence electrons. The Morgan fingerprint density at radius 2 is 1.78 bits per heavy atom. The van der Waals surface area contributed by atoms with Crippen LogP contribution in [-0.2, 0) is 9.53 Å². The van der Waals surface area contributed by atoms with E-state index in [0.29, 0.717) is 25.0 Å². The number of carbonyl (C=O) groups excluding carboxylic acids is 2. The number of benzene rings is 1. The van der Waals surface area contributed by atoms with Gasteiger partial charge in [0.25, 0.3) is 0 Å². The molecule has 1 rings (SSSR count). The zero-order valence-corrected chi connectivity index (χ0v) is 10.8. The lowest BCUT2D eigenvalue weighted by Gasteiger charge is -2.03. The number of rotatable bonds is 7. The molecule has 4 heteroatoms. The third-order valence-electron chi connectivity index (χ3n) is 2.50. The van der Waals surface area contributed by atoms with Crippen molar-refractivity contribution in [3.63, 3.8) is 0 Å². The Bertz CT molecular complexity index is 395. The summed E-state index contributed by atoms with van der Waals surface area (Å²) in [5.41, 5.74) is 0.639. The predicted octanol–water partition coefficient (Wildman–Crippen LogP) is 2.61. The Morgan fingerprint density at radius 3 is 2.33 bits per heavy atom. The Labute approximate surface area is 107 Å². The molecule has 0 fully saturated rings. The molecule has 0 unspecified atom stereocenters. The number of methoxy groups -OCH3 is 1. The van der Waals surface area contributed by atoms with Gasteiger partial charge in [0.1, 0.15) is 5.75 Å². The molecular formula is C14H18O4. The SMILES string of the molecule is CCOC(=O)CCCC(=O)c1ccc(OC)cc1. The number of hydrogen-bond acceptors (Lipinski definition) is 4. The largest absolute Gasteiger partial charge is 0.497 e. The van der Waals surface area contributed by atoms with Crippen molar-refractivity contribution in [3.05, 3.63) is 29.8 Å².